The van der Waals surface area contributed by atoms with Gasteiger partial charge in [0.05, 0.1) is 13.4 Å². The van der Waals surface area contributed by atoms with Gasteiger partial charge in [-0.15, -0.1) is 0 Å². The number of rotatable bonds is 2. The molecule has 3 rings (SSSR count). The number of aromatic hydroxyl groups is 1. The molecule has 1 aromatic heterocycles. The summed E-state index contributed by atoms with van der Waals surface area (Å²) in [5.41, 5.74) is 1.61. The molecule has 0 aliphatic rings. The minimum atomic E-state index is -0.398. The Bertz CT molecular complexity index is 746. The highest BCUT2D eigenvalue weighted by Crippen LogP contribution is 2.35. The number of furan rings is 1. The summed E-state index contributed by atoms with van der Waals surface area (Å²) in [7, 11) is 1.49. The molecule has 3 aromatic rings. The van der Waals surface area contributed by atoms with Gasteiger partial charge >= 0.3 is 0 Å². The number of hydrogen-bond donors (Lipinski definition) is 1. The van der Waals surface area contributed by atoms with Gasteiger partial charge in [-0.25, -0.2) is 4.39 Å². The summed E-state index contributed by atoms with van der Waals surface area (Å²) in [5.74, 6) is 0.173. The third-order valence-corrected chi connectivity index (χ3v) is 3.02. The number of phenolic OH excluding ortho intramolecular Hbond substituents is 1. The van der Waals surface area contributed by atoms with E-state index >= 15 is 0 Å². The van der Waals surface area contributed by atoms with E-state index in [1.807, 2.05) is 0 Å². The molecule has 2 aromatic carbocycles. The average molecular weight is 258 g/mol. The first-order chi connectivity index (χ1) is 9.19. The van der Waals surface area contributed by atoms with Crippen molar-refractivity contribution in [2.45, 2.75) is 0 Å². The predicted molar refractivity (Wildman–Crippen MR) is 69.8 cm³/mol. The summed E-state index contributed by atoms with van der Waals surface area (Å²) in [4.78, 5) is 0. The van der Waals surface area contributed by atoms with Gasteiger partial charge < -0.3 is 14.3 Å². The van der Waals surface area contributed by atoms with Gasteiger partial charge in [0.25, 0.3) is 0 Å². The Balaban J connectivity index is 2.21. The molecular formula is C15H11FO3. The molecule has 3 nitrogen and oxygen atoms in total. The van der Waals surface area contributed by atoms with Gasteiger partial charge in [-0.2, -0.15) is 0 Å². The Hall–Kier alpha value is -2.49. The number of methoxy groups -OCH3 is 1. The van der Waals surface area contributed by atoms with Crippen LogP contribution < -0.4 is 4.74 Å². The van der Waals surface area contributed by atoms with Crippen LogP contribution in [0.25, 0.3) is 22.1 Å². The van der Waals surface area contributed by atoms with Crippen molar-refractivity contribution in [3.05, 3.63) is 48.5 Å². The van der Waals surface area contributed by atoms with Crippen LogP contribution in [0.15, 0.2) is 47.1 Å². The standard InChI is InChI=1S/C15H11FO3/c1-18-10-3-4-11(14(16)7-10)13-8-19-15-5-2-9(17)6-12(13)15/h2-8,17H,1H3. The summed E-state index contributed by atoms with van der Waals surface area (Å²) < 4.78 is 24.4. The Kier molecular flexibility index (Phi) is 2.63. The zero-order valence-electron chi connectivity index (χ0n) is 10.2. The second-order valence-corrected chi connectivity index (χ2v) is 4.18. The fraction of sp³-hybridized carbons (Fsp3) is 0.0667. The molecule has 0 radical (unpaired) electrons. The summed E-state index contributed by atoms with van der Waals surface area (Å²) in [6, 6.07) is 9.35. The minimum absolute atomic E-state index is 0.115. The zero-order valence-corrected chi connectivity index (χ0v) is 10.2. The first kappa shape index (κ1) is 11.6. The van der Waals surface area contributed by atoms with E-state index < -0.39 is 5.82 Å². The molecule has 0 saturated carbocycles. The van der Waals surface area contributed by atoms with Crippen LogP contribution in [0, 0.1) is 5.82 Å². The lowest BCUT2D eigenvalue weighted by atomic mass is 10.0. The maximum Gasteiger partial charge on any atom is 0.134 e. The first-order valence-corrected chi connectivity index (χ1v) is 5.73. The largest absolute Gasteiger partial charge is 0.508 e. The van der Waals surface area contributed by atoms with Crippen LogP contribution in [-0.4, -0.2) is 12.2 Å². The maximum atomic E-state index is 14.0. The van der Waals surface area contributed by atoms with E-state index in [4.69, 9.17) is 9.15 Å². The molecule has 0 atom stereocenters. The van der Waals surface area contributed by atoms with Crippen LogP contribution in [0.5, 0.6) is 11.5 Å². The molecule has 0 spiro atoms. The molecule has 1 heterocycles. The van der Waals surface area contributed by atoms with E-state index in [-0.39, 0.29) is 5.75 Å². The van der Waals surface area contributed by atoms with Crippen LogP contribution in [-0.2, 0) is 0 Å². The quantitative estimate of drug-likeness (QED) is 0.756. The summed E-state index contributed by atoms with van der Waals surface area (Å²) in [6.45, 7) is 0. The van der Waals surface area contributed by atoms with Crippen LogP contribution >= 0.6 is 0 Å². The van der Waals surface area contributed by atoms with Crippen LogP contribution in [0.2, 0.25) is 0 Å². The van der Waals surface area contributed by atoms with Gasteiger partial charge in [0.15, 0.2) is 0 Å². The van der Waals surface area contributed by atoms with Gasteiger partial charge in [-0.1, -0.05) is 0 Å². The smallest absolute Gasteiger partial charge is 0.134 e. The van der Waals surface area contributed by atoms with Gasteiger partial charge in [-0.05, 0) is 30.3 Å². The molecule has 0 bridgehead atoms. The molecule has 19 heavy (non-hydrogen) atoms. The first-order valence-electron chi connectivity index (χ1n) is 5.73. The summed E-state index contributed by atoms with van der Waals surface area (Å²) in [6.07, 6.45) is 1.48. The monoisotopic (exact) mass is 258 g/mol. The molecule has 1 N–H and O–H groups in total. The van der Waals surface area contributed by atoms with Gasteiger partial charge in [0.1, 0.15) is 22.9 Å². The molecule has 0 saturated heterocycles. The molecule has 0 aliphatic carbocycles. The Labute approximate surface area is 108 Å². The average Bonchev–Trinajstić information content (AvgIpc) is 2.81. The molecule has 0 fully saturated rings. The number of halogens is 1. The van der Waals surface area contributed by atoms with E-state index in [0.29, 0.717) is 27.8 Å². The SMILES string of the molecule is COc1ccc(-c2coc3ccc(O)cc23)c(F)c1. The topological polar surface area (TPSA) is 42.6 Å². The molecule has 4 heteroatoms. The van der Waals surface area contributed by atoms with Crippen molar-refractivity contribution in [3.8, 4) is 22.6 Å². The van der Waals surface area contributed by atoms with Crippen LogP contribution in [0.3, 0.4) is 0 Å². The van der Waals surface area contributed by atoms with E-state index in [0.717, 1.165) is 0 Å². The van der Waals surface area contributed by atoms with Gasteiger partial charge in [0.2, 0.25) is 0 Å². The fourth-order valence-electron chi connectivity index (χ4n) is 2.07. The lowest BCUT2D eigenvalue weighted by molar-refractivity contribution is 0.411. The van der Waals surface area contributed by atoms with Crippen molar-refractivity contribution in [2.24, 2.45) is 0 Å². The van der Waals surface area contributed by atoms with Crippen LogP contribution in [0.4, 0.5) is 4.39 Å². The van der Waals surface area contributed by atoms with E-state index in [1.165, 1.54) is 25.5 Å². The Morgan fingerprint density at radius 2 is 1.95 bits per heavy atom. The summed E-state index contributed by atoms with van der Waals surface area (Å²) in [5, 5.41) is 10.2. The third kappa shape index (κ3) is 1.91. The van der Waals surface area contributed by atoms with E-state index in [1.54, 1.807) is 24.3 Å². The van der Waals surface area contributed by atoms with Crippen molar-refractivity contribution in [3.63, 3.8) is 0 Å². The normalized spacial score (nSPS) is 10.8. The van der Waals surface area contributed by atoms with Gasteiger partial charge in [-0.3, -0.25) is 0 Å². The second kappa shape index (κ2) is 4.31. The lowest BCUT2D eigenvalue weighted by Crippen LogP contribution is -1.87. The third-order valence-electron chi connectivity index (χ3n) is 3.02. The highest BCUT2D eigenvalue weighted by Gasteiger charge is 2.13. The van der Waals surface area contributed by atoms with E-state index in [2.05, 4.69) is 0 Å². The van der Waals surface area contributed by atoms with Crippen molar-refractivity contribution in [1.82, 2.24) is 0 Å². The summed E-state index contributed by atoms with van der Waals surface area (Å²) >= 11 is 0. The van der Waals surface area contributed by atoms with E-state index in [9.17, 15) is 9.50 Å². The van der Waals surface area contributed by atoms with Crippen molar-refractivity contribution >= 4 is 11.0 Å². The molecular weight excluding hydrogens is 247 g/mol. The highest BCUT2D eigenvalue weighted by atomic mass is 19.1. The molecule has 0 unspecified atom stereocenters. The Morgan fingerprint density at radius 1 is 1.11 bits per heavy atom. The molecule has 0 aliphatic heterocycles. The van der Waals surface area contributed by atoms with Crippen molar-refractivity contribution in [2.75, 3.05) is 7.11 Å². The second-order valence-electron chi connectivity index (χ2n) is 4.18. The number of hydrogen-bond acceptors (Lipinski definition) is 3. The minimum Gasteiger partial charge on any atom is -0.508 e. The van der Waals surface area contributed by atoms with Crippen molar-refractivity contribution < 1.29 is 18.7 Å². The molecule has 0 amide bonds. The zero-order chi connectivity index (χ0) is 13.4. The number of fused-ring (bicyclic) bond motifs is 1. The maximum absolute atomic E-state index is 14.0. The number of benzene rings is 2. The number of phenols is 1. The fourth-order valence-corrected chi connectivity index (χ4v) is 2.07. The lowest BCUT2D eigenvalue weighted by Gasteiger charge is -2.04. The van der Waals surface area contributed by atoms with Gasteiger partial charge in [0, 0.05) is 22.6 Å². The van der Waals surface area contributed by atoms with Crippen molar-refractivity contribution in [1.29, 1.82) is 0 Å². The molecule has 96 valence electrons. The number of ether oxygens (including phenoxy) is 1. The van der Waals surface area contributed by atoms with Crippen LogP contribution in [0.1, 0.15) is 0 Å². The highest BCUT2D eigenvalue weighted by molar-refractivity contribution is 5.94. The Morgan fingerprint density at radius 3 is 2.68 bits per heavy atom. The predicted octanol–water partition coefficient (Wildman–Crippen LogP) is 3.95.